The molecular formula is C15H18ClFN4. The number of rotatable bonds is 3. The lowest BCUT2D eigenvalue weighted by molar-refractivity contribution is 0.547. The predicted molar refractivity (Wildman–Crippen MR) is 85.0 cm³/mol. The summed E-state index contributed by atoms with van der Waals surface area (Å²) in [6, 6.07) is 5.90. The van der Waals surface area contributed by atoms with Crippen molar-refractivity contribution in [2.75, 3.05) is 17.7 Å². The third-order valence-electron chi connectivity index (χ3n) is 2.84. The second-order valence-electron chi connectivity index (χ2n) is 5.71. The molecule has 1 aromatic heterocycles. The summed E-state index contributed by atoms with van der Waals surface area (Å²) in [4.78, 5) is 8.91. The molecule has 112 valence electrons. The zero-order valence-corrected chi connectivity index (χ0v) is 13.2. The summed E-state index contributed by atoms with van der Waals surface area (Å²) in [5.74, 6) is 1.57. The molecule has 0 saturated heterocycles. The average Bonchev–Trinajstić information content (AvgIpc) is 2.41. The molecule has 1 heterocycles. The minimum Gasteiger partial charge on any atom is -0.373 e. The van der Waals surface area contributed by atoms with E-state index in [1.807, 2.05) is 20.8 Å². The quantitative estimate of drug-likeness (QED) is 0.885. The molecule has 21 heavy (non-hydrogen) atoms. The minimum absolute atomic E-state index is 0.199. The van der Waals surface area contributed by atoms with Crippen molar-refractivity contribution in [3.05, 3.63) is 40.9 Å². The van der Waals surface area contributed by atoms with Crippen molar-refractivity contribution >= 4 is 28.9 Å². The van der Waals surface area contributed by atoms with Gasteiger partial charge >= 0.3 is 0 Å². The van der Waals surface area contributed by atoms with Gasteiger partial charge in [0, 0.05) is 18.5 Å². The number of aromatic nitrogens is 2. The van der Waals surface area contributed by atoms with Gasteiger partial charge in [0.25, 0.3) is 0 Å². The number of nitrogens with one attached hydrogen (secondary N) is 2. The third kappa shape index (κ3) is 3.82. The van der Waals surface area contributed by atoms with Crippen LogP contribution in [0.15, 0.2) is 24.3 Å². The summed E-state index contributed by atoms with van der Waals surface area (Å²) in [7, 11) is 1.79. The fourth-order valence-corrected chi connectivity index (χ4v) is 1.87. The molecule has 0 aliphatic rings. The molecule has 2 rings (SSSR count). The highest BCUT2D eigenvalue weighted by Gasteiger charge is 2.19. The Labute approximate surface area is 128 Å². The van der Waals surface area contributed by atoms with Crippen LogP contribution in [-0.4, -0.2) is 17.0 Å². The standard InChI is InChI=1S/C15H18ClFN4/c1-15(2,3)14-20-12(18-4)8-13(21-14)19-11-7-9(17)5-6-10(11)16/h5-8H,1-4H3,(H2,18,19,20,21). The van der Waals surface area contributed by atoms with Gasteiger partial charge in [0.1, 0.15) is 23.3 Å². The number of nitrogens with zero attached hydrogens (tertiary/aromatic N) is 2. The first-order chi connectivity index (χ1) is 9.79. The van der Waals surface area contributed by atoms with Crippen LogP contribution < -0.4 is 10.6 Å². The Morgan fingerprint density at radius 3 is 2.38 bits per heavy atom. The molecule has 2 N–H and O–H groups in total. The summed E-state index contributed by atoms with van der Waals surface area (Å²) >= 11 is 6.06. The van der Waals surface area contributed by atoms with Crippen LogP contribution in [0.1, 0.15) is 26.6 Å². The van der Waals surface area contributed by atoms with Crippen LogP contribution in [0.2, 0.25) is 5.02 Å². The maximum atomic E-state index is 13.3. The van der Waals surface area contributed by atoms with Gasteiger partial charge < -0.3 is 10.6 Å². The van der Waals surface area contributed by atoms with Crippen LogP contribution in [0.25, 0.3) is 0 Å². The van der Waals surface area contributed by atoms with E-state index < -0.39 is 0 Å². The lowest BCUT2D eigenvalue weighted by Gasteiger charge is -2.19. The van der Waals surface area contributed by atoms with Gasteiger partial charge in [0.05, 0.1) is 10.7 Å². The summed E-state index contributed by atoms with van der Waals surface area (Å²) in [5.41, 5.74) is 0.270. The molecule has 0 spiro atoms. The maximum absolute atomic E-state index is 13.3. The zero-order valence-electron chi connectivity index (χ0n) is 12.5. The SMILES string of the molecule is CNc1cc(Nc2cc(F)ccc2Cl)nc(C(C)(C)C)n1. The van der Waals surface area contributed by atoms with Gasteiger partial charge in [-0.05, 0) is 18.2 Å². The van der Waals surface area contributed by atoms with Gasteiger partial charge in [0.15, 0.2) is 0 Å². The molecular weight excluding hydrogens is 291 g/mol. The van der Waals surface area contributed by atoms with Crippen LogP contribution in [-0.2, 0) is 5.41 Å². The Kier molecular flexibility index (Phi) is 4.32. The number of benzene rings is 1. The fraction of sp³-hybridized carbons (Fsp3) is 0.333. The van der Waals surface area contributed by atoms with Crippen molar-refractivity contribution in [1.29, 1.82) is 0 Å². The van der Waals surface area contributed by atoms with Crippen LogP contribution in [0.3, 0.4) is 0 Å². The van der Waals surface area contributed by atoms with Crippen molar-refractivity contribution in [3.63, 3.8) is 0 Å². The van der Waals surface area contributed by atoms with Gasteiger partial charge in [-0.25, -0.2) is 14.4 Å². The molecule has 0 amide bonds. The number of hydrogen-bond acceptors (Lipinski definition) is 4. The first kappa shape index (κ1) is 15.5. The second kappa shape index (κ2) is 5.85. The lowest BCUT2D eigenvalue weighted by atomic mass is 9.96. The van der Waals surface area contributed by atoms with Crippen molar-refractivity contribution in [2.24, 2.45) is 0 Å². The Morgan fingerprint density at radius 1 is 1.10 bits per heavy atom. The van der Waals surface area contributed by atoms with E-state index in [0.29, 0.717) is 28.2 Å². The molecule has 4 nitrogen and oxygen atoms in total. The van der Waals surface area contributed by atoms with E-state index >= 15 is 0 Å². The van der Waals surface area contributed by atoms with Crippen LogP contribution in [0.5, 0.6) is 0 Å². The Morgan fingerprint density at radius 2 is 1.76 bits per heavy atom. The molecule has 0 atom stereocenters. The largest absolute Gasteiger partial charge is 0.373 e. The topological polar surface area (TPSA) is 49.8 Å². The number of halogens is 2. The summed E-state index contributed by atoms with van der Waals surface area (Å²) in [6.07, 6.45) is 0. The highest BCUT2D eigenvalue weighted by atomic mass is 35.5. The molecule has 0 unspecified atom stereocenters. The van der Waals surface area contributed by atoms with E-state index in [-0.39, 0.29) is 11.2 Å². The average molecular weight is 309 g/mol. The van der Waals surface area contributed by atoms with Gasteiger partial charge in [-0.3, -0.25) is 0 Å². The Balaban J connectivity index is 2.42. The van der Waals surface area contributed by atoms with E-state index in [4.69, 9.17) is 11.6 Å². The minimum atomic E-state index is -0.360. The van der Waals surface area contributed by atoms with Crippen molar-refractivity contribution < 1.29 is 4.39 Å². The highest BCUT2D eigenvalue weighted by molar-refractivity contribution is 6.33. The first-order valence-electron chi connectivity index (χ1n) is 6.59. The molecule has 0 radical (unpaired) electrons. The molecule has 1 aromatic carbocycles. The Bertz CT molecular complexity index is 653. The molecule has 0 saturated carbocycles. The zero-order chi connectivity index (χ0) is 15.6. The smallest absolute Gasteiger partial charge is 0.138 e. The van der Waals surface area contributed by atoms with Crippen molar-refractivity contribution in [1.82, 2.24) is 9.97 Å². The fourth-order valence-electron chi connectivity index (χ4n) is 1.71. The summed E-state index contributed by atoms with van der Waals surface area (Å²) in [6.45, 7) is 6.09. The van der Waals surface area contributed by atoms with Crippen LogP contribution >= 0.6 is 11.6 Å². The van der Waals surface area contributed by atoms with Gasteiger partial charge in [-0.1, -0.05) is 32.4 Å². The highest BCUT2D eigenvalue weighted by Crippen LogP contribution is 2.28. The number of anilines is 3. The molecule has 0 bridgehead atoms. The van der Waals surface area contributed by atoms with E-state index in [9.17, 15) is 4.39 Å². The van der Waals surface area contributed by atoms with Crippen molar-refractivity contribution in [3.8, 4) is 0 Å². The molecule has 0 aliphatic heterocycles. The molecule has 2 aromatic rings. The van der Waals surface area contributed by atoms with E-state index in [1.165, 1.54) is 18.2 Å². The van der Waals surface area contributed by atoms with Gasteiger partial charge in [0.2, 0.25) is 0 Å². The second-order valence-corrected chi connectivity index (χ2v) is 6.12. The predicted octanol–water partition coefficient (Wildman–Crippen LogP) is 4.35. The molecule has 0 fully saturated rings. The van der Waals surface area contributed by atoms with Gasteiger partial charge in [-0.2, -0.15) is 0 Å². The third-order valence-corrected chi connectivity index (χ3v) is 3.17. The van der Waals surface area contributed by atoms with Crippen LogP contribution in [0.4, 0.5) is 21.7 Å². The Hall–Kier alpha value is -1.88. The lowest BCUT2D eigenvalue weighted by Crippen LogP contribution is -2.17. The van der Waals surface area contributed by atoms with Gasteiger partial charge in [-0.15, -0.1) is 0 Å². The van der Waals surface area contributed by atoms with E-state index in [2.05, 4.69) is 20.6 Å². The number of hydrogen-bond donors (Lipinski definition) is 2. The van der Waals surface area contributed by atoms with E-state index in [0.717, 1.165) is 0 Å². The maximum Gasteiger partial charge on any atom is 0.138 e. The monoisotopic (exact) mass is 308 g/mol. The normalized spacial score (nSPS) is 11.3. The summed E-state index contributed by atoms with van der Waals surface area (Å²) < 4.78 is 13.3. The van der Waals surface area contributed by atoms with Crippen molar-refractivity contribution in [2.45, 2.75) is 26.2 Å². The molecule has 0 aliphatic carbocycles. The first-order valence-corrected chi connectivity index (χ1v) is 6.97. The van der Waals surface area contributed by atoms with E-state index in [1.54, 1.807) is 13.1 Å². The molecule has 6 heteroatoms. The van der Waals surface area contributed by atoms with Crippen LogP contribution in [0, 0.1) is 5.82 Å². The summed E-state index contributed by atoms with van der Waals surface area (Å²) in [5, 5.41) is 6.46.